The summed E-state index contributed by atoms with van der Waals surface area (Å²) in [6, 6.07) is 14.4. The van der Waals surface area contributed by atoms with Crippen LogP contribution in [0.1, 0.15) is 44.0 Å². The first-order chi connectivity index (χ1) is 22.9. The van der Waals surface area contributed by atoms with Gasteiger partial charge in [-0.25, -0.2) is 27.2 Å². The molecule has 48 heavy (non-hydrogen) atoms. The van der Waals surface area contributed by atoms with Crippen LogP contribution < -0.4 is 0 Å². The van der Waals surface area contributed by atoms with E-state index in [4.69, 9.17) is 19.4 Å². The first-order valence-corrected chi connectivity index (χ1v) is 18.0. The van der Waals surface area contributed by atoms with Crippen LogP contribution in [-0.2, 0) is 38.8 Å². The molecule has 1 saturated heterocycles. The van der Waals surface area contributed by atoms with Gasteiger partial charge in [0.1, 0.15) is 21.9 Å². The van der Waals surface area contributed by atoms with Crippen LogP contribution in [0.4, 0.5) is 4.79 Å². The molecule has 0 radical (unpaired) electrons. The molecule has 11 nitrogen and oxygen atoms in total. The van der Waals surface area contributed by atoms with E-state index in [0.717, 1.165) is 33.3 Å². The fourth-order valence-corrected chi connectivity index (χ4v) is 9.34. The van der Waals surface area contributed by atoms with Gasteiger partial charge < -0.3 is 14.4 Å². The third-order valence-electron chi connectivity index (χ3n) is 9.00. The molecular formula is C35H34N6O5S2. The summed E-state index contributed by atoms with van der Waals surface area (Å²) in [4.78, 5) is 24.8. The maximum absolute atomic E-state index is 14.8. The molecule has 246 valence electrons. The van der Waals surface area contributed by atoms with Crippen molar-refractivity contribution < 1.29 is 22.7 Å². The van der Waals surface area contributed by atoms with Crippen molar-refractivity contribution in [2.45, 2.75) is 56.8 Å². The molecule has 13 heteroatoms. The summed E-state index contributed by atoms with van der Waals surface area (Å²) in [6.07, 6.45) is 3.62. The van der Waals surface area contributed by atoms with Gasteiger partial charge in [-0.15, -0.1) is 11.3 Å². The van der Waals surface area contributed by atoms with Crippen molar-refractivity contribution in [3.63, 3.8) is 0 Å². The number of carbonyl (C=O) groups excluding carboxylic acids is 1. The number of aromatic nitrogens is 5. The summed E-state index contributed by atoms with van der Waals surface area (Å²) in [5, 5.41) is 8.49. The summed E-state index contributed by atoms with van der Waals surface area (Å²) in [5.41, 5.74) is 4.07. The van der Waals surface area contributed by atoms with Crippen molar-refractivity contribution in [3.05, 3.63) is 83.1 Å². The van der Waals surface area contributed by atoms with Gasteiger partial charge >= 0.3 is 6.09 Å². The fraction of sp³-hybridized carbons (Fsp3) is 0.314. The Morgan fingerprint density at radius 3 is 2.62 bits per heavy atom. The number of hydrogen-bond acceptors (Lipinski definition) is 9. The monoisotopic (exact) mass is 682 g/mol. The zero-order chi connectivity index (χ0) is 33.6. The van der Waals surface area contributed by atoms with Gasteiger partial charge in [-0.3, -0.25) is 4.68 Å². The van der Waals surface area contributed by atoms with Gasteiger partial charge in [0.15, 0.2) is 5.65 Å². The third-order valence-corrected chi connectivity index (χ3v) is 11.7. The van der Waals surface area contributed by atoms with Crippen LogP contribution in [0, 0.1) is 6.92 Å². The number of hydrogen-bond donors (Lipinski definition) is 0. The Hall–Kier alpha value is -4.59. The maximum atomic E-state index is 14.8. The molecule has 1 unspecified atom stereocenters. The van der Waals surface area contributed by atoms with Crippen LogP contribution in [0.3, 0.4) is 0 Å². The Balaban J connectivity index is 1.46. The van der Waals surface area contributed by atoms with Crippen LogP contribution in [0.15, 0.2) is 71.2 Å². The number of nitrogens with zero attached hydrogens (tertiary/aromatic N) is 6. The van der Waals surface area contributed by atoms with Gasteiger partial charge in [0.2, 0.25) is 0 Å². The van der Waals surface area contributed by atoms with E-state index in [1.54, 1.807) is 52.3 Å². The highest BCUT2D eigenvalue weighted by molar-refractivity contribution is 7.90. The Labute approximate surface area is 281 Å². The molecule has 0 N–H and O–H groups in total. The largest absolute Gasteiger partial charge is 0.444 e. The standard InChI is InChI=1S/C35H34N6O5S2/c1-21-19-47-32(38-21)30-27(22-11-12-26-23(15-22)17-37-39(26)5)28-29-24(16-36-31(28)41(30)48(43,44)25-9-7-6-8-10-25)18-45-35(29)13-14-40(20-35)33(42)46-34(2,3)4/h6-12,15-17,19H,13-14,18,20H2,1-5H3. The highest BCUT2D eigenvalue weighted by atomic mass is 32.2. The molecule has 2 aliphatic rings. The van der Waals surface area contributed by atoms with Crippen LogP contribution >= 0.6 is 11.3 Å². The summed E-state index contributed by atoms with van der Waals surface area (Å²) in [7, 11) is -2.29. The molecule has 6 heterocycles. The highest BCUT2D eigenvalue weighted by Gasteiger charge is 2.50. The average Bonchev–Trinajstić information content (AvgIpc) is 3.87. The van der Waals surface area contributed by atoms with E-state index < -0.39 is 27.3 Å². The topological polar surface area (TPSA) is 121 Å². The number of carbonyl (C=O) groups is 1. The lowest BCUT2D eigenvalue weighted by Crippen LogP contribution is -2.38. The predicted octanol–water partition coefficient (Wildman–Crippen LogP) is 6.63. The Morgan fingerprint density at radius 2 is 1.90 bits per heavy atom. The normalized spacial score (nSPS) is 18.0. The minimum atomic E-state index is -4.18. The fourth-order valence-electron chi connectivity index (χ4n) is 6.95. The zero-order valence-electron chi connectivity index (χ0n) is 27.2. The second kappa shape index (κ2) is 10.7. The Kier molecular flexibility index (Phi) is 6.85. The Bertz CT molecular complexity index is 2370. The number of thiazole rings is 1. The summed E-state index contributed by atoms with van der Waals surface area (Å²) >= 11 is 1.39. The Morgan fingerprint density at radius 1 is 1.10 bits per heavy atom. The molecule has 2 aliphatic heterocycles. The van der Waals surface area contributed by atoms with E-state index in [1.807, 2.05) is 58.3 Å². The van der Waals surface area contributed by atoms with E-state index in [-0.39, 0.29) is 23.7 Å². The molecule has 6 aromatic rings. The number of aryl methyl sites for hydroxylation is 2. The zero-order valence-corrected chi connectivity index (χ0v) is 28.9. The maximum Gasteiger partial charge on any atom is 0.410 e. The van der Waals surface area contributed by atoms with Gasteiger partial charge in [-0.2, -0.15) is 5.10 Å². The molecule has 2 aromatic carbocycles. The lowest BCUT2D eigenvalue weighted by molar-refractivity contribution is -0.0320. The molecule has 0 aliphatic carbocycles. The third kappa shape index (κ3) is 4.74. The number of rotatable bonds is 4. The minimum absolute atomic E-state index is 0.135. The lowest BCUT2D eigenvalue weighted by atomic mass is 9.87. The second-order valence-corrected chi connectivity index (χ2v) is 16.1. The molecule has 1 spiro atoms. The smallest absolute Gasteiger partial charge is 0.410 e. The molecule has 1 amide bonds. The van der Waals surface area contributed by atoms with Crippen molar-refractivity contribution in [3.8, 4) is 21.8 Å². The predicted molar refractivity (Wildman–Crippen MR) is 183 cm³/mol. The summed E-state index contributed by atoms with van der Waals surface area (Å²) < 4.78 is 45.1. The molecule has 1 atom stereocenters. The number of benzene rings is 2. The van der Waals surface area contributed by atoms with Gasteiger partial charge in [-0.1, -0.05) is 24.3 Å². The van der Waals surface area contributed by atoms with Crippen molar-refractivity contribution in [1.82, 2.24) is 28.6 Å². The van der Waals surface area contributed by atoms with Crippen LogP contribution in [0.2, 0.25) is 0 Å². The van der Waals surface area contributed by atoms with E-state index in [0.29, 0.717) is 34.6 Å². The molecule has 0 saturated carbocycles. The molecule has 8 rings (SSSR count). The van der Waals surface area contributed by atoms with Crippen LogP contribution in [0.5, 0.6) is 0 Å². The van der Waals surface area contributed by atoms with Gasteiger partial charge in [0.25, 0.3) is 10.0 Å². The minimum Gasteiger partial charge on any atom is -0.444 e. The van der Waals surface area contributed by atoms with E-state index >= 15 is 0 Å². The molecule has 0 bridgehead atoms. The van der Waals surface area contributed by atoms with Crippen molar-refractivity contribution in [2.75, 3.05) is 13.1 Å². The van der Waals surface area contributed by atoms with Crippen LogP contribution in [0.25, 0.3) is 43.8 Å². The van der Waals surface area contributed by atoms with Gasteiger partial charge in [0, 0.05) is 64.7 Å². The van der Waals surface area contributed by atoms with Gasteiger partial charge in [0.05, 0.1) is 29.8 Å². The summed E-state index contributed by atoms with van der Waals surface area (Å²) in [6.45, 7) is 8.39. The van der Waals surface area contributed by atoms with Gasteiger partial charge in [-0.05, 0) is 57.5 Å². The lowest BCUT2D eigenvalue weighted by Gasteiger charge is -2.27. The first kappa shape index (κ1) is 30.7. The van der Waals surface area contributed by atoms with Crippen LogP contribution in [-0.4, -0.2) is 61.8 Å². The molecule has 1 fully saturated rings. The number of fused-ring (bicyclic) bond motifs is 5. The van der Waals surface area contributed by atoms with E-state index in [1.165, 1.54) is 15.3 Å². The average molecular weight is 683 g/mol. The van der Waals surface area contributed by atoms with E-state index in [2.05, 4.69) is 5.10 Å². The quantitative estimate of drug-likeness (QED) is 0.203. The molecular weight excluding hydrogens is 649 g/mol. The van der Waals surface area contributed by atoms with Crippen molar-refractivity contribution in [2.24, 2.45) is 7.05 Å². The van der Waals surface area contributed by atoms with E-state index in [9.17, 15) is 13.2 Å². The first-order valence-electron chi connectivity index (χ1n) is 15.7. The molecule has 4 aromatic heterocycles. The SMILES string of the molecule is Cc1csc(-c2c(-c3ccc4c(cnn4C)c3)c3c4c(cnc3n2S(=O)(=O)c2ccccc2)COC42CCN(C(=O)OC(C)(C)C)C2)n1. The number of amides is 1. The highest BCUT2D eigenvalue weighted by Crippen LogP contribution is 2.52. The second-order valence-electron chi connectivity index (χ2n) is 13.4. The number of likely N-dealkylation sites (tertiary alicyclic amines) is 1. The number of ether oxygens (including phenoxy) is 2. The number of pyridine rings is 1. The van der Waals surface area contributed by atoms with Crippen molar-refractivity contribution in [1.29, 1.82) is 0 Å². The van der Waals surface area contributed by atoms with Crippen molar-refractivity contribution >= 4 is 49.4 Å². The summed E-state index contributed by atoms with van der Waals surface area (Å²) in [5.74, 6) is 0.